The Morgan fingerprint density at radius 3 is 2.84 bits per heavy atom. The number of hydrogen-bond acceptors (Lipinski definition) is 7. The zero-order valence-corrected chi connectivity index (χ0v) is 21.6. The second kappa shape index (κ2) is 10.4. The Balaban J connectivity index is 1.64. The van der Waals surface area contributed by atoms with Crippen LogP contribution in [0.25, 0.3) is 5.57 Å². The lowest BCUT2D eigenvalue weighted by molar-refractivity contribution is -0.138. The van der Waals surface area contributed by atoms with Crippen molar-refractivity contribution in [3.63, 3.8) is 0 Å². The van der Waals surface area contributed by atoms with Gasteiger partial charge in [0.2, 0.25) is 5.88 Å². The van der Waals surface area contributed by atoms with Crippen LogP contribution in [0, 0.1) is 0 Å². The molecule has 0 spiro atoms. The first kappa shape index (κ1) is 25.7. The van der Waals surface area contributed by atoms with Gasteiger partial charge in [-0.25, -0.2) is 0 Å². The van der Waals surface area contributed by atoms with Crippen molar-refractivity contribution in [3.8, 4) is 5.88 Å². The molecule has 5 rings (SSSR count). The number of nitrogens with zero attached hydrogens (tertiary/aromatic N) is 4. The summed E-state index contributed by atoms with van der Waals surface area (Å²) in [4.78, 5) is 7.03. The number of hydrogen-bond donors (Lipinski definition) is 2. The molecule has 0 saturated carbocycles. The SMILES string of the molecule is CNC1CCCCN(c2nc(O)c(C(Cc3ccc(Cl)cc3C(F)(F)F)=c3ccc4c(c3)C=NN=4)s2)C1. The van der Waals surface area contributed by atoms with E-state index < -0.39 is 11.7 Å². The largest absolute Gasteiger partial charge is 0.492 e. The van der Waals surface area contributed by atoms with Gasteiger partial charge < -0.3 is 15.3 Å². The lowest BCUT2D eigenvalue weighted by Crippen LogP contribution is -2.37. The van der Waals surface area contributed by atoms with E-state index in [4.69, 9.17) is 11.6 Å². The van der Waals surface area contributed by atoms with E-state index in [2.05, 4.69) is 25.4 Å². The number of alkyl halides is 3. The first-order valence-electron chi connectivity index (χ1n) is 11.9. The molecule has 6 nitrogen and oxygen atoms in total. The van der Waals surface area contributed by atoms with Crippen LogP contribution in [0.3, 0.4) is 0 Å². The van der Waals surface area contributed by atoms with Gasteiger partial charge in [-0.2, -0.15) is 28.4 Å². The van der Waals surface area contributed by atoms with Gasteiger partial charge in [0.25, 0.3) is 0 Å². The van der Waals surface area contributed by atoms with Gasteiger partial charge in [0.1, 0.15) is 0 Å². The van der Waals surface area contributed by atoms with E-state index in [1.165, 1.54) is 23.5 Å². The van der Waals surface area contributed by atoms with Gasteiger partial charge in [-0.3, -0.25) is 0 Å². The first-order chi connectivity index (χ1) is 17.7. The summed E-state index contributed by atoms with van der Waals surface area (Å²) in [7, 11) is 1.93. The fourth-order valence-corrected chi connectivity index (χ4v) is 5.98. The number of anilines is 1. The van der Waals surface area contributed by atoms with Crippen LogP contribution in [0.15, 0.2) is 46.6 Å². The van der Waals surface area contributed by atoms with Crippen molar-refractivity contribution < 1.29 is 18.3 Å². The van der Waals surface area contributed by atoms with E-state index in [-0.39, 0.29) is 22.9 Å². The molecule has 2 aromatic carbocycles. The number of halogens is 4. The highest BCUT2D eigenvalue weighted by molar-refractivity contribution is 7.17. The molecule has 2 aliphatic rings. The molecule has 3 aromatic rings. The predicted molar refractivity (Wildman–Crippen MR) is 140 cm³/mol. The fourth-order valence-electron chi connectivity index (χ4n) is 4.74. The maximum absolute atomic E-state index is 13.9. The molecule has 1 saturated heterocycles. The van der Waals surface area contributed by atoms with E-state index in [1.54, 1.807) is 18.3 Å². The van der Waals surface area contributed by atoms with Crippen LogP contribution < -0.4 is 20.8 Å². The summed E-state index contributed by atoms with van der Waals surface area (Å²) in [5.41, 5.74) is 0.557. The third-order valence-corrected chi connectivity index (χ3v) is 8.11. The third kappa shape index (κ3) is 5.51. The van der Waals surface area contributed by atoms with Crippen LogP contribution in [0.2, 0.25) is 5.02 Å². The number of aromatic hydroxyl groups is 1. The minimum atomic E-state index is -4.58. The summed E-state index contributed by atoms with van der Waals surface area (Å²) in [6.45, 7) is 1.54. The maximum Gasteiger partial charge on any atom is 0.416 e. The third-order valence-electron chi connectivity index (χ3n) is 6.71. The lowest BCUT2D eigenvalue weighted by Gasteiger charge is -2.23. The van der Waals surface area contributed by atoms with Gasteiger partial charge in [-0.1, -0.05) is 41.5 Å². The second-order valence-corrected chi connectivity index (χ2v) is 10.6. The average Bonchev–Trinajstić information content (AvgIpc) is 3.41. The molecule has 0 radical (unpaired) electrons. The molecule has 1 aromatic heterocycles. The molecule has 0 bridgehead atoms. The van der Waals surface area contributed by atoms with Gasteiger partial charge >= 0.3 is 6.18 Å². The quantitative estimate of drug-likeness (QED) is 0.493. The maximum atomic E-state index is 13.9. The second-order valence-electron chi connectivity index (χ2n) is 9.15. The van der Waals surface area contributed by atoms with Crippen LogP contribution in [0.1, 0.15) is 40.8 Å². The normalized spacial score (nSPS) is 18.4. The fraction of sp³-hybridized carbons (Fsp3) is 0.346. The molecule has 2 aliphatic heterocycles. The minimum absolute atomic E-state index is 0.0103. The lowest BCUT2D eigenvalue weighted by atomic mass is 9.96. The van der Waals surface area contributed by atoms with E-state index in [9.17, 15) is 18.3 Å². The van der Waals surface area contributed by atoms with Crippen LogP contribution in [0.4, 0.5) is 18.3 Å². The van der Waals surface area contributed by atoms with E-state index in [0.717, 1.165) is 44.0 Å². The monoisotopic (exact) mass is 547 g/mol. The molecule has 1 fully saturated rings. The van der Waals surface area contributed by atoms with Crippen molar-refractivity contribution in [2.45, 2.75) is 37.9 Å². The molecular formula is C26H25ClF3N5OS. The van der Waals surface area contributed by atoms with Gasteiger partial charge in [-0.15, -0.1) is 0 Å². The van der Waals surface area contributed by atoms with Crippen molar-refractivity contribution in [2.75, 3.05) is 25.0 Å². The Kier molecular flexibility index (Phi) is 7.24. The number of rotatable bonds is 5. The molecule has 37 heavy (non-hydrogen) atoms. The summed E-state index contributed by atoms with van der Waals surface area (Å²) >= 11 is 7.21. The summed E-state index contributed by atoms with van der Waals surface area (Å²) in [6.07, 6.45) is 0.0807. The number of thiazole rings is 1. The number of fused-ring (bicyclic) bond motifs is 1. The topological polar surface area (TPSA) is 73.1 Å². The highest BCUT2D eigenvalue weighted by atomic mass is 35.5. The van der Waals surface area contributed by atoms with Crippen molar-refractivity contribution in [2.24, 2.45) is 10.2 Å². The number of benzene rings is 2. The van der Waals surface area contributed by atoms with E-state index in [1.807, 2.05) is 13.1 Å². The summed E-state index contributed by atoms with van der Waals surface area (Å²) in [6, 6.07) is 9.47. The van der Waals surface area contributed by atoms with Crippen LogP contribution in [-0.2, 0) is 12.6 Å². The van der Waals surface area contributed by atoms with Crippen LogP contribution in [0.5, 0.6) is 5.88 Å². The highest BCUT2D eigenvalue weighted by Crippen LogP contribution is 2.40. The average molecular weight is 548 g/mol. The molecule has 1 atom stereocenters. The molecule has 11 heteroatoms. The molecule has 1 unspecified atom stereocenters. The Labute approximate surface area is 220 Å². The Morgan fingerprint density at radius 1 is 1.22 bits per heavy atom. The van der Waals surface area contributed by atoms with Crippen molar-refractivity contribution >= 4 is 39.9 Å². The Bertz CT molecular complexity index is 1470. The van der Waals surface area contributed by atoms with Gasteiger partial charge in [0.15, 0.2) is 5.13 Å². The smallest absolute Gasteiger partial charge is 0.416 e. The predicted octanol–water partition coefficient (Wildman–Crippen LogP) is 4.51. The molecule has 3 heterocycles. The summed E-state index contributed by atoms with van der Waals surface area (Å²) in [5, 5.41) is 24.3. The Morgan fingerprint density at radius 2 is 2.05 bits per heavy atom. The standard InChI is InChI=1S/C26H25ClF3N5OS/c1-31-19-4-2-3-9-35(14-19)25-33-24(36)23(37-25)20(15-6-8-22-17(10-15)13-32-34-22)11-16-5-7-18(27)12-21(16)26(28,29)30/h5-8,10,12-13,19,31,36H,2-4,9,11,14H2,1H3. The first-order valence-corrected chi connectivity index (χ1v) is 13.1. The number of aromatic nitrogens is 1. The Hall–Kier alpha value is -2.95. The van der Waals surface area contributed by atoms with Gasteiger partial charge in [0, 0.05) is 36.1 Å². The molecule has 194 valence electrons. The van der Waals surface area contributed by atoms with Gasteiger partial charge in [-0.05, 0) is 60.5 Å². The van der Waals surface area contributed by atoms with Gasteiger partial charge in [0.05, 0.1) is 22.0 Å². The molecule has 2 N–H and O–H groups in total. The summed E-state index contributed by atoms with van der Waals surface area (Å²) in [5.74, 6) is -0.193. The van der Waals surface area contributed by atoms with E-state index >= 15 is 0 Å². The van der Waals surface area contributed by atoms with Crippen LogP contribution in [-0.4, -0.2) is 42.5 Å². The highest BCUT2D eigenvalue weighted by Gasteiger charge is 2.34. The minimum Gasteiger partial charge on any atom is -0.492 e. The molecular weight excluding hydrogens is 523 g/mol. The number of likely N-dealkylation sites (N-methyl/N-ethyl adjacent to an activating group) is 1. The zero-order chi connectivity index (χ0) is 26.2. The van der Waals surface area contributed by atoms with Crippen LogP contribution >= 0.6 is 22.9 Å². The van der Waals surface area contributed by atoms with Crippen molar-refractivity contribution in [1.82, 2.24) is 10.3 Å². The molecule has 0 amide bonds. The number of nitrogens with one attached hydrogen (secondary N) is 1. The molecule has 0 aliphatic carbocycles. The summed E-state index contributed by atoms with van der Waals surface area (Å²) < 4.78 is 41.8. The van der Waals surface area contributed by atoms with Crippen molar-refractivity contribution in [3.05, 3.63) is 73.6 Å². The van der Waals surface area contributed by atoms with Crippen molar-refractivity contribution in [1.29, 1.82) is 0 Å². The van der Waals surface area contributed by atoms with E-state index in [0.29, 0.717) is 32.2 Å². The zero-order valence-electron chi connectivity index (χ0n) is 20.0.